The third-order valence-corrected chi connectivity index (χ3v) is 4.00. The first-order valence-corrected chi connectivity index (χ1v) is 8.71. The Labute approximate surface area is 149 Å². The Morgan fingerprint density at radius 1 is 1.21 bits per heavy atom. The summed E-state index contributed by atoms with van der Waals surface area (Å²) >= 11 is 5.94. The number of aryl methyl sites for hydroxylation is 2. The molecule has 2 rings (SSSR count). The van der Waals surface area contributed by atoms with Crippen LogP contribution in [0.25, 0.3) is 0 Å². The molecule has 1 unspecified atom stereocenters. The summed E-state index contributed by atoms with van der Waals surface area (Å²) < 4.78 is 5.74. The molecule has 0 saturated heterocycles. The third kappa shape index (κ3) is 5.89. The van der Waals surface area contributed by atoms with Gasteiger partial charge in [0.2, 0.25) is 0 Å². The van der Waals surface area contributed by atoms with Crippen LogP contribution in [0.15, 0.2) is 48.5 Å². The zero-order valence-electron chi connectivity index (χ0n) is 14.2. The van der Waals surface area contributed by atoms with Gasteiger partial charge < -0.3 is 10.1 Å². The lowest BCUT2D eigenvalue weighted by Crippen LogP contribution is -2.38. The molecule has 0 heterocycles. The van der Waals surface area contributed by atoms with Crippen molar-refractivity contribution in [2.24, 2.45) is 0 Å². The molecule has 0 spiro atoms. The zero-order chi connectivity index (χ0) is 17.4. The van der Waals surface area contributed by atoms with Crippen LogP contribution in [0.1, 0.15) is 30.9 Å². The first kappa shape index (κ1) is 18.3. The minimum Gasteiger partial charge on any atom is -0.481 e. The quantitative estimate of drug-likeness (QED) is 0.712. The van der Waals surface area contributed by atoms with Crippen LogP contribution in [-0.2, 0) is 11.2 Å². The normalized spacial score (nSPS) is 11.8. The van der Waals surface area contributed by atoms with Gasteiger partial charge in [-0.05, 0) is 49.9 Å². The summed E-state index contributed by atoms with van der Waals surface area (Å²) in [4.78, 5) is 12.3. The van der Waals surface area contributed by atoms with Crippen LogP contribution in [-0.4, -0.2) is 18.6 Å². The molecule has 0 aliphatic rings. The van der Waals surface area contributed by atoms with Crippen LogP contribution in [0, 0.1) is 6.92 Å². The molecule has 24 heavy (non-hydrogen) atoms. The Hall–Kier alpha value is -2.00. The number of hydrogen-bond donors (Lipinski definition) is 1. The molecule has 128 valence electrons. The summed E-state index contributed by atoms with van der Waals surface area (Å²) in [6.07, 6.45) is 1.97. The van der Waals surface area contributed by atoms with Gasteiger partial charge in [0.05, 0.1) is 0 Å². The predicted octanol–water partition coefficient (Wildman–Crippen LogP) is 4.55. The molecule has 0 aromatic heterocycles. The van der Waals surface area contributed by atoms with Gasteiger partial charge in [-0.3, -0.25) is 4.79 Å². The highest BCUT2D eigenvalue weighted by Gasteiger charge is 2.17. The van der Waals surface area contributed by atoms with Crippen molar-refractivity contribution in [2.75, 3.05) is 6.54 Å². The number of rotatable bonds is 8. The number of carbonyl (C=O) groups is 1. The van der Waals surface area contributed by atoms with Gasteiger partial charge in [0.25, 0.3) is 5.91 Å². The largest absolute Gasteiger partial charge is 0.481 e. The van der Waals surface area contributed by atoms with E-state index in [1.54, 1.807) is 18.2 Å². The van der Waals surface area contributed by atoms with Crippen molar-refractivity contribution in [1.82, 2.24) is 5.32 Å². The lowest BCUT2D eigenvalue weighted by Gasteiger charge is -2.17. The van der Waals surface area contributed by atoms with Crippen LogP contribution in [0.5, 0.6) is 5.75 Å². The van der Waals surface area contributed by atoms with Gasteiger partial charge in [-0.25, -0.2) is 0 Å². The Morgan fingerprint density at radius 3 is 2.71 bits per heavy atom. The maximum Gasteiger partial charge on any atom is 0.261 e. The average Bonchev–Trinajstić information content (AvgIpc) is 2.56. The van der Waals surface area contributed by atoms with Crippen LogP contribution in [0.3, 0.4) is 0 Å². The first-order valence-electron chi connectivity index (χ1n) is 8.34. The van der Waals surface area contributed by atoms with E-state index in [0.29, 0.717) is 23.7 Å². The lowest BCUT2D eigenvalue weighted by atomic mass is 10.1. The number of amides is 1. The minimum atomic E-state index is -0.498. The van der Waals surface area contributed by atoms with E-state index >= 15 is 0 Å². The van der Waals surface area contributed by atoms with Gasteiger partial charge in [0.1, 0.15) is 5.75 Å². The smallest absolute Gasteiger partial charge is 0.261 e. The van der Waals surface area contributed by atoms with E-state index in [1.165, 1.54) is 11.1 Å². The predicted molar refractivity (Wildman–Crippen MR) is 98.7 cm³/mol. The van der Waals surface area contributed by atoms with E-state index in [1.807, 2.05) is 13.0 Å². The summed E-state index contributed by atoms with van der Waals surface area (Å²) in [6, 6.07) is 15.6. The van der Waals surface area contributed by atoms with Crippen molar-refractivity contribution in [2.45, 2.75) is 39.2 Å². The second-order valence-electron chi connectivity index (χ2n) is 5.86. The number of nitrogens with one attached hydrogen (secondary N) is 1. The molecule has 3 nitrogen and oxygen atoms in total. The van der Waals surface area contributed by atoms with E-state index in [9.17, 15) is 4.79 Å². The zero-order valence-corrected chi connectivity index (χ0v) is 15.0. The molecule has 1 atom stereocenters. The first-order chi connectivity index (χ1) is 11.6. The van der Waals surface area contributed by atoms with Gasteiger partial charge in [-0.2, -0.15) is 0 Å². The van der Waals surface area contributed by atoms with Crippen molar-refractivity contribution in [3.05, 3.63) is 64.7 Å². The average molecular weight is 346 g/mol. The fraction of sp³-hybridized carbons (Fsp3) is 0.350. The topological polar surface area (TPSA) is 38.3 Å². The van der Waals surface area contributed by atoms with Crippen molar-refractivity contribution in [3.8, 4) is 5.75 Å². The molecular weight excluding hydrogens is 322 g/mol. The molecule has 0 aliphatic carbocycles. The van der Waals surface area contributed by atoms with E-state index in [4.69, 9.17) is 16.3 Å². The molecule has 2 aromatic rings. The number of carbonyl (C=O) groups excluding carboxylic acids is 1. The fourth-order valence-electron chi connectivity index (χ4n) is 2.51. The second-order valence-corrected chi connectivity index (χ2v) is 6.29. The lowest BCUT2D eigenvalue weighted by molar-refractivity contribution is -0.128. The summed E-state index contributed by atoms with van der Waals surface area (Å²) in [5, 5.41) is 3.55. The van der Waals surface area contributed by atoms with Gasteiger partial charge in [0, 0.05) is 11.6 Å². The molecule has 2 aromatic carbocycles. The van der Waals surface area contributed by atoms with Crippen molar-refractivity contribution in [3.63, 3.8) is 0 Å². The summed E-state index contributed by atoms with van der Waals surface area (Å²) in [5.41, 5.74) is 2.56. The van der Waals surface area contributed by atoms with Crippen molar-refractivity contribution < 1.29 is 9.53 Å². The van der Waals surface area contributed by atoms with E-state index in [0.717, 1.165) is 12.8 Å². The summed E-state index contributed by atoms with van der Waals surface area (Å²) in [6.45, 7) is 4.66. The van der Waals surface area contributed by atoms with Crippen molar-refractivity contribution >= 4 is 17.5 Å². The molecule has 0 saturated carbocycles. The van der Waals surface area contributed by atoms with E-state index in [-0.39, 0.29) is 5.91 Å². The van der Waals surface area contributed by atoms with Gasteiger partial charge in [0.15, 0.2) is 6.10 Å². The number of ether oxygens (including phenoxy) is 1. The third-order valence-electron chi connectivity index (χ3n) is 3.76. The van der Waals surface area contributed by atoms with Crippen LogP contribution in [0.2, 0.25) is 5.02 Å². The minimum absolute atomic E-state index is 0.0817. The van der Waals surface area contributed by atoms with Gasteiger partial charge in [-0.1, -0.05) is 54.4 Å². The summed E-state index contributed by atoms with van der Waals surface area (Å²) in [5.74, 6) is 0.533. The molecule has 0 bridgehead atoms. The van der Waals surface area contributed by atoms with E-state index < -0.39 is 6.10 Å². The summed E-state index contributed by atoms with van der Waals surface area (Å²) in [7, 11) is 0. The Balaban J connectivity index is 1.77. The van der Waals surface area contributed by atoms with E-state index in [2.05, 4.69) is 36.5 Å². The molecule has 0 fully saturated rings. The number of halogens is 1. The SMILES string of the molecule is CCC(Oc1cccc(Cl)c1)C(=O)NCCCc1cccc(C)c1. The van der Waals surface area contributed by atoms with Crippen LogP contribution >= 0.6 is 11.6 Å². The van der Waals surface area contributed by atoms with Gasteiger partial charge in [-0.15, -0.1) is 0 Å². The molecule has 0 aliphatic heterocycles. The molecule has 0 radical (unpaired) electrons. The number of hydrogen-bond acceptors (Lipinski definition) is 2. The standard InChI is InChI=1S/C20H24ClNO2/c1-3-19(24-18-11-5-10-17(21)14-18)20(23)22-12-6-9-16-8-4-7-15(2)13-16/h4-5,7-8,10-11,13-14,19H,3,6,9,12H2,1-2H3,(H,22,23). The second kappa shape index (κ2) is 9.33. The molecule has 4 heteroatoms. The Morgan fingerprint density at radius 2 is 2.00 bits per heavy atom. The fourth-order valence-corrected chi connectivity index (χ4v) is 2.69. The molecular formula is C20H24ClNO2. The maximum atomic E-state index is 12.3. The molecule has 1 N–H and O–H groups in total. The number of benzene rings is 2. The van der Waals surface area contributed by atoms with Crippen LogP contribution < -0.4 is 10.1 Å². The highest BCUT2D eigenvalue weighted by atomic mass is 35.5. The Kier molecular flexibility index (Phi) is 7.13. The highest BCUT2D eigenvalue weighted by Crippen LogP contribution is 2.19. The van der Waals surface area contributed by atoms with Gasteiger partial charge >= 0.3 is 0 Å². The monoisotopic (exact) mass is 345 g/mol. The molecule has 1 amide bonds. The highest BCUT2D eigenvalue weighted by molar-refractivity contribution is 6.30. The van der Waals surface area contributed by atoms with Crippen LogP contribution in [0.4, 0.5) is 0 Å². The Bertz CT molecular complexity index is 672. The maximum absolute atomic E-state index is 12.3. The van der Waals surface area contributed by atoms with Crippen molar-refractivity contribution in [1.29, 1.82) is 0 Å².